The molecule has 4 nitrogen and oxygen atoms in total. The number of anilines is 1. The molecule has 2 heterocycles. The van der Waals surface area contributed by atoms with Gasteiger partial charge in [0, 0.05) is 19.5 Å². The molecule has 1 fully saturated rings. The Hall–Kier alpha value is -2.33. The Balaban J connectivity index is 1.62. The lowest BCUT2D eigenvalue weighted by atomic mass is 10.0. The van der Waals surface area contributed by atoms with Crippen LogP contribution in [0.4, 0.5) is 5.69 Å². The number of rotatable bonds is 4. The minimum absolute atomic E-state index is 0.285. The van der Waals surface area contributed by atoms with Gasteiger partial charge in [0.1, 0.15) is 0 Å². The summed E-state index contributed by atoms with van der Waals surface area (Å²) in [5.74, 6) is 0.828. The Bertz CT molecular complexity index is 681. The highest BCUT2D eigenvalue weighted by molar-refractivity contribution is 5.80. The van der Waals surface area contributed by atoms with E-state index in [4.69, 9.17) is 10.7 Å². The van der Waals surface area contributed by atoms with Gasteiger partial charge in [0.25, 0.3) is 0 Å². The van der Waals surface area contributed by atoms with Gasteiger partial charge in [-0.05, 0) is 37.0 Å². The molecule has 26 heavy (non-hydrogen) atoms. The fraction of sp³-hybridized carbons (Fsp3) is 0.409. The molecule has 2 aromatic rings. The number of para-hydroxylation sites is 1. The number of benzene rings is 2. The summed E-state index contributed by atoms with van der Waals surface area (Å²) in [6.07, 6.45) is 5.58. The average Bonchev–Trinajstić information content (AvgIpc) is 2.98. The normalized spacial score (nSPS) is 24.3. The molecule has 136 valence electrons. The highest BCUT2D eigenvalue weighted by Gasteiger charge is 2.34. The standard InChI is InChI=1S/C22H28N4/c23-22-14-8-7-11-19(24-22)17-26-21(18-9-3-1-4-10-18)15-16-25(26)20-12-5-2-6-13-20/h1-6,9-10,12-13,19,21H,7-8,11,14-17H2,(H2,23,24). The van der Waals surface area contributed by atoms with E-state index in [1.807, 2.05) is 0 Å². The van der Waals surface area contributed by atoms with Crippen molar-refractivity contribution in [2.45, 2.75) is 44.2 Å². The van der Waals surface area contributed by atoms with Crippen molar-refractivity contribution in [1.29, 1.82) is 0 Å². The van der Waals surface area contributed by atoms with Crippen LogP contribution in [0.2, 0.25) is 0 Å². The first kappa shape index (κ1) is 17.1. The molecule has 0 spiro atoms. The lowest BCUT2D eigenvalue weighted by molar-refractivity contribution is 0.217. The van der Waals surface area contributed by atoms with Gasteiger partial charge in [-0.15, -0.1) is 0 Å². The number of hydrogen-bond donors (Lipinski definition) is 1. The molecule has 4 rings (SSSR count). The summed E-state index contributed by atoms with van der Waals surface area (Å²) in [5.41, 5.74) is 8.76. The van der Waals surface area contributed by atoms with Crippen LogP contribution in [0.5, 0.6) is 0 Å². The zero-order valence-electron chi connectivity index (χ0n) is 15.3. The topological polar surface area (TPSA) is 44.9 Å². The molecular weight excluding hydrogens is 320 g/mol. The van der Waals surface area contributed by atoms with Gasteiger partial charge in [-0.2, -0.15) is 0 Å². The second kappa shape index (κ2) is 7.92. The molecule has 0 saturated carbocycles. The summed E-state index contributed by atoms with van der Waals surface area (Å²) in [6, 6.07) is 22.3. The van der Waals surface area contributed by atoms with Crippen molar-refractivity contribution < 1.29 is 0 Å². The molecule has 0 amide bonds. The minimum atomic E-state index is 0.285. The number of amidine groups is 1. The molecule has 2 aromatic carbocycles. The van der Waals surface area contributed by atoms with Gasteiger partial charge in [0.2, 0.25) is 0 Å². The maximum atomic E-state index is 6.11. The van der Waals surface area contributed by atoms with Crippen LogP contribution < -0.4 is 10.7 Å². The van der Waals surface area contributed by atoms with E-state index in [2.05, 4.69) is 70.7 Å². The highest BCUT2D eigenvalue weighted by atomic mass is 15.7. The van der Waals surface area contributed by atoms with Crippen molar-refractivity contribution in [3.63, 3.8) is 0 Å². The number of nitrogens with two attached hydrogens (primary N) is 1. The lowest BCUT2D eigenvalue weighted by Crippen LogP contribution is -2.42. The largest absolute Gasteiger partial charge is 0.387 e. The van der Waals surface area contributed by atoms with Crippen LogP contribution >= 0.6 is 0 Å². The van der Waals surface area contributed by atoms with Gasteiger partial charge in [0.05, 0.1) is 23.6 Å². The monoisotopic (exact) mass is 348 g/mol. The first-order valence-corrected chi connectivity index (χ1v) is 9.77. The minimum Gasteiger partial charge on any atom is -0.387 e. The molecule has 2 aliphatic rings. The summed E-state index contributed by atoms with van der Waals surface area (Å²) in [4.78, 5) is 4.82. The van der Waals surface area contributed by atoms with Crippen LogP contribution in [0.25, 0.3) is 0 Å². The van der Waals surface area contributed by atoms with Crippen LogP contribution in [0.15, 0.2) is 65.7 Å². The fourth-order valence-electron chi connectivity index (χ4n) is 4.21. The molecule has 2 unspecified atom stereocenters. The van der Waals surface area contributed by atoms with Crippen molar-refractivity contribution in [3.8, 4) is 0 Å². The van der Waals surface area contributed by atoms with Crippen molar-refractivity contribution in [2.75, 3.05) is 18.1 Å². The van der Waals surface area contributed by atoms with E-state index in [0.717, 1.165) is 44.6 Å². The molecule has 1 saturated heterocycles. The average molecular weight is 348 g/mol. The van der Waals surface area contributed by atoms with E-state index in [9.17, 15) is 0 Å². The number of nitrogens with zero attached hydrogens (tertiary/aromatic N) is 3. The molecular formula is C22H28N4. The Morgan fingerprint density at radius 1 is 0.923 bits per heavy atom. The quantitative estimate of drug-likeness (QED) is 0.902. The SMILES string of the molecule is NC1=NC(CN2C(c3ccccc3)CCN2c2ccccc2)CCCC1. The summed E-state index contributed by atoms with van der Waals surface area (Å²) in [5, 5.41) is 4.96. The zero-order chi connectivity index (χ0) is 17.8. The van der Waals surface area contributed by atoms with Crippen LogP contribution in [0.1, 0.15) is 43.7 Å². The van der Waals surface area contributed by atoms with E-state index in [1.54, 1.807) is 0 Å². The van der Waals surface area contributed by atoms with Crippen LogP contribution in [-0.2, 0) is 0 Å². The molecule has 0 aromatic heterocycles. The maximum absolute atomic E-state index is 6.11. The van der Waals surface area contributed by atoms with Gasteiger partial charge >= 0.3 is 0 Å². The smallest absolute Gasteiger partial charge is 0.0941 e. The molecule has 2 aliphatic heterocycles. The molecule has 2 atom stereocenters. The van der Waals surface area contributed by atoms with E-state index in [-0.39, 0.29) is 6.04 Å². The van der Waals surface area contributed by atoms with Crippen molar-refractivity contribution >= 4 is 11.5 Å². The van der Waals surface area contributed by atoms with Gasteiger partial charge in [-0.1, -0.05) is 55.0 Å². The Morgan fingerprint density at radius 3 is 2.42 bits per heavy atom. The van der Waals surface area contributed by atoms with Gasteiger partial charge in [-0.3, -0.25) is 4.99 Å². The summed E-state index contributed by atoms with van der Waals surface area (Å²) < 4.78 is 0. The summed E-state index contributed by atoms with van der Waals surface area (Å²) >= 11 is 0. The Labute approximate surface area is 156 Å². The van der Waals surface area contributed by atoms with Gasteiger partial charge in [0.15, 0.2) is 0 Å². The third kappa shape index (κ3) is 3.75. The number of aliphatic imine (C=N–C) groups is 1. The Morgan fingerprint density at radius 2 is 1.65 bits per heavy atom. The van der Waals surface area contributed by atoms with E-state index in [0.29, 0.717) is 6.04 Å². The first-order chi connectivity index (χ1) is 12.8. The lowest BCUT2D eigenvalue weighted by Gasteiger charge is -2.35. The second-order valence-corrected chi connectivity index (χ2v) is 7.32. The zero-order valence-corrected chi connectivity index (χ0v) is 15.3. The maximum Gasteiger partial charge on any atom is 0.0941 e. The highest BCUT2D eigenvalue weighted by Crippen LogP contribution is 2.36. The molecule has 0 bridgehead atoms. The molecule has 4 heteroatoms. The number of hydrazine groups is 1. The third-order valence-electron chi connectivity index (χ3n) is 5.49. The van der Waals surface area contributed by atoms with Gasteiger partial charge < -0.3 is 10.7 Å². The van der Waals surface area contributed by atoms with E-state index < -0.39 is 0 Å². The molecule has 0 aliphatic carbocycles. The van der Waals surface area contributed by atoms with Crippen LogP contribution in [-0.4, -0.2) is 30.0 Å². The predicted molar refractivity (Wildman–Crippen MR) is 108 cm³/mol. The predicted octanol–water partition coefficient (Wildman–Crippen LogP) is 4.15. The fourth-order valence-corrected chi connectivity index (χ4v) is 4.21. The van der Waals surface area contributed by atoms with Crippen LogP contribution in [0.3, 0.4) is 0 Å². The summed E-state index contributed by atoms with van der Waals surface area (Å²) in [7, 11) is 0. The molecule has 0 radical (unpaired) electrons. The third-order valence-corrected chi connectivity index (χ3v) is 5.49. The Kier molecular flexibility index (Phi) is 5.21. The van der Waals surface area contributed by atoms with E-state index in [1.165, 1.54) is 17.7 Å². The van der Waals surface area contributed by atoms with Gasteiger partial charge in [-0.25, -0.2) is 5.01 Å². The second-order valence-electron chi connectivity index (χ2n) is 7.32. The first-order valence-electron chi connectivity index (χ1n) is 9.77. The van der Waals surface area contributed by atoms with Crippen LogP contribution in [0, 0.1) is 0 Å². The van der Waals surface area contributed by atoms with Crippen molar-refractivity contribution in [1.82, 2.24) is 5.01 Å². The van der Waals surface area contributed by atoms with Crippen molar-refractivity contribution in [2.24, 2.45) is 10.7 Å². The molecule has 2 N–H and O–H groups in total. The summed E-state index contributed by atoms with van der Waals surface area (Å²) in [6.45, 7) is 1.96. The number of hydrogen-bond acceptors (Lipinski definition) is 4. The van der Waals surface area contributed by atoms with Crippen molar-refractivity contribution in [3.05, 3.63) is 66.2 Å². The van der Waals surface area contributed by atoms with E-state index >= 15 is 0 Å².